The van der Waals surface area contributed by atoms with Crippen LogP contribution in [0.15, 0.2) is 35.2 Å². The highest BCUT2D eigenvalue weighted by molar-refractivity contribution is 7.86. The van der Waals surface area contributed by atoms with Crippen LogP contribution in [0.3, 0.4) is 0 Å². The second-order valence-corrected chi connectivity index (χ2v) is 7.86. The Balaban J connectivity index is 1.85. The fraction of sp³-hybridized carbons (Fsp3) is 0.600. The molecular weight excluding hydrogens is 432 g/mol. The highest BCUT2D eigenvalue weighted by Gasteiger charge is 2.13. The number of unbranched alkanes of at least 4 members (excludes halogenated alkanes) is 1. The van der Waals surface area contributed by atoms with Gasteiger partial charge in [-0.15, -0.1) is 0 Å². The number of carbonyl (C=O) groups is 2. The maximum atomic E-state index is 11.9. The minimum atomic E-state index is -3.77. The van der Waals surface area contributed by atoms with Crippen molar-refractivity contribution in [3.63, 3.8) is 0 Å². The topological polar surface area (TPSA) is 135 Å². The molecule has 0 aliphatic rings. The van der Waals surface area contributed by atoms with Gasteiger partial charge in [-0.3, -0.25) is 13.8 Å². The molecule has 1 N–H and O–H groups in total. The molecule has 176 valence electrons. The van der Waals surface area contributed by atoms with Crippen LogP contribution in [0.1, 0.15) is 25.7 Å². The zero-order chi connectivity index (χ0) is 22.8. The van der Waals surface area contributed by atoms with Crippen molar-refractivity contribution in [2.45, 2.75) is 30.6 Å². The Morgan fingerprint density at radius 3 is 1.84 bits per heavy atom. The first-order valence-electron chi connectivity index (χ1n) is 9.97. The van der Waals surface area contributed by atoms with Crippen LogP contribution in [-0.4, -0.2) is 78.3 Å². The lowest BCUT2D eigenvalue weighted by atomic mass is 10.2. The van der Waals surface area contributed by atoms with E-state index in [4.69, 9.17) is 28.2 Å². The third-order valence-corrected chi connectivity index (χ3v) is 5.08. The van der Waals surface area contributed by atoms with Crippen molar-refractivity contribution in [3.05, 3.63) is 30.3 Å². The minimum Gasteiger partial charge on any atom is -0.481 e. The zero-order valence-corrected chi connectivity index (χ0v) is 18.2. The summed E-state index contributed by atoms with van der Waals surface area (Å²) in [6.07, 6.45) is 1.17. The fourth-order valence-electron chi connectivity index (χ4n) is 2.23. The van der Waals surface area contributed by atoms with Crippen LogP contribution in [0.5, 0.6) is 0 Å². The number of carboxylic acid groups (broad SMARTS) is 1. The number of esters is 1. The molecule has 0 saturated carbocycles. The molecule has 0 spiro atoms. The lowest BCUT2D eigenvalue weighted by molar-refractivity contribution is -0.146. The first-order chi connectivity index (χ1) is 14.9. The Kier molecular flexibility index (Phi) is 14.5. The van der Waals surface area contributed by atoms with Crippen LogP contribution < -0.4 is 0 Å². The Morgan fingerprint density at radius 2 is 1.26 bits per heavy atom. The van der Waals surface area contributed by atoms with E-state index < -0.39 is 16.1 Å². The number of hydrogen-bond acceptors (Lipinski definition) is 9. The Labute approximate surface area is 182 Å². The van der Waals surface area contributed by atoms with E-state index >= 15 is 0 Å². The number of hydrogen-bond donors (Lipinski definition) is 1. The van der Waals surface area contributed by atoms with E-state index in [1.54, 1.807) is 18.2 Å². The monoisotopic (exact) mass is 462 g/mol. The molecular formula is C20H30O10S. The number of aliphatic carboxylic acids is 1. The molecule has 0 aliphatic heterocycles. The summed E-state index contributed by atoms with van der Waals surface area (Å²) >= 11 is 0. The van der Waals surface area contributed by atoms with Crippen molar-refractivity contribution in [3.8, 4) is 0 Å². The van der Waals surface area contributed by atoms with Gasteiger partial charge < -0.3 is 24.1 Å². The maximum absolute atomic E-state index is 11.9. The normalized spacial score (nSPS) is 11.4. The predicted molar refractivity (Wildman–Crippen MR) is 109 cm³/mol. The summed E-state index contributed by atoms with van der Waals surface area (Å²) in [7, 11) is -3.77. The third kappa shape index (κ3) is 14.6. The van der Waals surface area contributed by atoms with Gasteiger partial charge in [-0.1, -0.05) is 18.2 Å². The van der Waals surface area contributed by atoms with Gasteiger partial charge in [0.2, 0.25) is 0 Å². The van der Waals surface area contributed by atoms with E-state index in [1.165, 1.54) is 12.1 Å². The van der Waals surface area contributed by atoms with Gasteiger partial charge in [-0.2, -0.15) is 8.42 Å². The molecule has 0 aliphatic carbocycles. The molecule has 0 amide bonds. The van der Waals surface area contributed by atoms with E-state index in [2.05, 4.69) is 0 Å². The van der Waals surface area contributed by atoms with Gasteiger partial charge in [-0.25, -0.2) is 0 Å². The first kappa shape index (κ1) is 27.0. The second kappa shape index (κ2) is 16.6. The number of rotatable bonds is 19. The molecule has 0 heterocycles. The molecule has 0 unspecified atom stereocenters. The third-order valence-electron chi connectivity index (χ3n) is 3.75. The van der Waals surface area contributed by atoms with Crippen LogP contribution in [0.25, 0.3) is 0 Å². The van der Waals surface area contributed by atoms with Crippen molar-refractivity contribution in [2.75, 3.05) is 52.9 Å². The molecule has 11 heteroatoms. The SMILES string of the molecule is O=C(O)CCCCC(=O)OCCOCCOCCOCCOS(=O)(=O)c1ccccc1. The molecule has 0 saturated heterocycles. The highest BCUT2D eigenvalue weighted by Crippen LogP contribution is 2.10. The number of carbonyl (C=O) groups excluding carboxylic acids is 1. The molecule has 1 aromatic carbocycles. The van der Waals surface area contributed by atoms with E-state index in [9.17, 15) is 18.0 Å². The standard InChI is InChI=1S/C20H30O10S/c21-19(22)8-4-5-9-20(23)29-16-14-27-12-10-26-11-13-28-15-17-30-31(24,25)18-6-2-1-3-7-18/h1-3,6-7H,4-5,8-17H2,(H,21,22). The van der Waals surface area contributed by atoms with E-state index in [1.807, 2.05) is 0 Å². The summed E-state index contributed by atoms with van der Waals surface area (Å²) in [5.41, 5.74) is 0. The maximum Gasteiger partial charge on any atom is 0.305 e. The van der Waals surface area contributed by atoms with Gasteiger partial charge in [0.05, 0.1) is 51.1 Å². The van der Waals surface area contributed by atoms with Gasteiger partial charge >= 0.3 is 11.9 Å². The molecule has 0 fully saturated rings. The fourth-order valence-corrected chi connectivity index (χ4v) is 3.15. The van der Waals surface area contributed by atoms with Crippen LogP contribution >= 0.6 is 0 Å². The summed E-state index contributed by atoms with van der Waals surface area (Å²) in [4.78, 5) is 21.8. The van der Waals surface area contributed by atoms with Gasteiger partial charge in [0.15, 0.2) is 0 Å². The van der Waals surface area contributed by atoms with Crippen molar-refractivity contribution >= 4 is 22.1 Å². The average molecular weight is 463 g/mol. The van der Waals surface area contributed by atoms with Crippen LogP contribution in [0.4, 0.5) is 0 Å². The number of benzene rings is 1. The summed E-state index contributed by atoms with van der Waals surface area (Å²) in [6, 6.07) is 7.88. The smallest absolute Gasteiger partial charge is 0.305 e. The van der Waals surface area contributed by atoms with Crippen LogP contribution in [0.2, 0.25) is 0 Å². The van der Waals surface area contributed by atoms with Gasteiger partial charge in [0, 0.05) is 12.8 Å². The molecule has 0 bridgehead atoms. The van der Waals surface area contributed by atoms with Crippen molar-refractivity contribution in [1.82, 2.24) is 0 Å². The number of ether oxygens (including phenoxy) is 4. The summed E-state index contributed by atoms with van der Waals surface area (Å²) < 4.78 is 49.4. The lowest BCUT2D eigenvalue weighted by Gasteiger charge is -2.08. The number of carboxylic acids is 1. The first-order valence-corrected chi connectivity index (χ1v) is 11.4. The quantitative estimate of drug-likeness (QED) is 0.184. The average Bonchev–Trinajstić information content (AvgIpc) is 2.75. The Morgan fingerprint density at radius 1 is 0.742 bits per heavy atom. The summed E-state index contributed by atoms with van der Waals surface area (Å²) in [6.45, 7) is 1.68. The van der Waals surface area contributed by atoms with E-state index in [0.29, 0.717) is 32.7 Å². The Bertz CT molecular complexity index is 721. The molecule has 1 rings (SSSR count). The molecule has 0 atom stereocenters. The van der Waals surface area contributed by atoms with Crippen molar-refractivity contribution in [2.24, 2.45) is 0 Å². The zero-order valence-electron chi connectivity index (χ0n) is 17.4. The van der Waals surface area contributed by atoms with Crippen molar-refractivity contribution in [1.29, 1.82) is 0 Å². The minimum absolute atomic E-state index is 0.0470. The van der Waals surface area contributed by atoms with Gasteiger partial charge in [-0.05, 0) is 25.0 Å². The molecule has 0 radical (unpaired) electrons. The highest BCUT2D eigenvalue weighted by atomic mass is 32.2. The summed E-state index contributed by atoms with van der Waals surface area (Å²) in [5, 5.41) is 8.49. The summed E-state index contributed by atoms with van der Waals surface area (Å²) in [5.74, 6) is -1.25. The lowest BCUT2D eigenvalue weighted by Crippen LogP contribution is -2.15. The van der Waals surface area contributed by atoms with Gasteiger partial charge in [0.25, 0.3) is 10.1 Å². The molecule has 31 heavy (non-hydrogen) atoms. The second-order valence-electron chi connectivity index (χ2n) is 6.25. The van der Waals surface area contributed by atoms with Crippen LogP contribution in [-0.2, 0) is 42.8 Å². The largest absolute Gasteiger partial charge is 0.481 e. The Hall–Kier alpha value is -2.05. The van der Waals surface area contributed by atoms with E-state index in [0.717, 1.165) is 0 Å². The predicted octanol–water partition coefficient (Wildman–Crippen LogP) is 1.63. The van der Waals surface area contributed by atoms with Crippen LogP contribution in [0, 0.1) is 0 Å². The van der Waals surface area contributed by atoms with Gasteiger partial charge in [0.1, 0.15) is 6.61 Å². The van der Waals surface area contributed by atoms with E-state index in [-0.39, 0.29) is 56.7 Å². The molecule has 1 aromatic rings. The van der Waals surface area contributed by atoms with Crippen molar-refractivity contribution < 1.29 is 46.2 Å². The molecule has 10 nitrogen and oxygen atoms in total. The molecule has 0 aromatic heterocycles.